The minimum atomic E-state index is -1.54. The van der Waals surface area contributed by atoms with Crippen molar-refractivity contribution in [2.24, 2.45) is 0 Å². The Labute approximate surface area is 321 Å². The van der Waals surface area contributed by atoms with Crippen molar-refractivity contribution in [3.63, 3.8) is 0 Å². The fraction of sp³-hybridized carbons (Fsp3) is 0.515. The van der Waals surface area contributed by atoms with Gasteiger partial charge in [-0.2, -0.15) is 0 Å². The van der Waals surface area contributed by atoms with E-state index in [0.717, 1.165) is 16.7 Å². The van der Waals surface area contributed by atoms with Gasteiger partial charge in [0.15, 0.2) is 0 Å². The molecule has 2 rings (SSSR count). The molecule has 0 fully saturated rings. The number of hydrogen-bond donors (Lipinski definition) is 5. The normalized spacial score (nSPS) is 10.2. The molecule has 6 N–H and O–H groups in total. The molecule has 2 aromatic heterocycles. The quantitative estimate of drug-likeness (QED) is 0.117. The molecule has 0 spiro atoms. The summed E-state index contributed by atoms with van der Waals surface area (Å²) < 4.78 is 15.0. The van der Waals surface area contributed by atoms with Gasteiger partial charge >= 0.3 is 65.5 Å². The van der Waals surface area contributed by atoms with Crippen molar-refractivity contribution in [2.45, 2.75) is 108 Å². The predicted octanol–water partition coefficient (Wildman–Crippen LogP) is 1.43. The number of carboxylic acids is 1. The van der Waals surface area contributed by atoms with E-state index in [9.17, 15) is 28.8 Å². The van der Waals surface area contributed by atoms with Gasteiger partial charge in [0.25, 0.3) is 0 Å². The zero-order valence-electron chi connectivity index (χ0n) is 30.7. The summed E-state index contributed by atoms with van der Waals surface area (Å²) >= 11 is 0. The van der Waals surface area contributed by atoms with Crippen LogP contribution < -0.4 is 50.8 Å². The molecule has 18 heteroatoms. The molecule has 0 radical (unpaired) electrons. The number of esters is 1. The third-order valence-corrected chi connectivity index (χ3v) is 5.87. The number of carbonyl (C=O) groups is 6. The molecule has 0 unspecified atom stereocenters. The molecule has 0 aromatic carbocycles. The number of hydrogen-bond acceptors (Lipinski definition) is 12. The Morgan fingerprint density at radius 1 is 0.706 bits per heavy atom. The maximum absolute atomic E-state index is 11.8. The van der Waals surface area contributed by atoms with Gasteiger partial charge < -0.3 is 35.4 Å². The van der Waals surface area contributed by atoms with E-state index in [2.05, 4.69) is 36.0 Å². The number of aliphatic carboxylic acids is 1. The largest absolute Gasteiger partial charge is 1.00 e. The SMILES string of the molecule is C.CCOC(=O)C(=O)NCc1c(C)cc(NC(=O)OC(C)(C)C)nc1C.Cc1cc(NC(=O)OC(C)(C)C)nc(C)c1CNC(=O)C(=O)O.[Na+].[OH-]. The Bertz CT molecular complexity index is 1490. The Kier molecular flexibility index (Phi) is 22.5. The van der Waals surface area contributed by atoms with Crippen LogP contribution in [0.5, 0.6) is 0 Å². The topological polar surface area (TPSA) is 254 Å². The van der Waals surface area contributed by atoms with Gasteiger partial charge in [-0.1, -0.05) is 7.43 Å². The second kappa shape index (κ2) is 22.5. The summed E-state index contributed by atoms with van der Waals surface area (Å²) in [5.74, 6) is -3.69. The zero-order valence-corrected chi connectivity index (χ0v) is 32.7. The molecule has 17 nitrogen and oxygen atoms in total. The number of nitrogens with zero attached hydrogens (tertiary/aromatic N) is 2. The summed E-state index contributed by atoms with van der Waals surface area (Å²) in [5.41, 5.74) is 2.98. The van der Waals surface area contributed by atoms with Crippen LogP contribution in [-0.4, -0.2) is 74.3 Å². The zero-order chi connectivity index (χ0) is 37.0. The van der Waals surface area contributed by atoms with E-state index < -0.39 is 47.1 Å². The van der Waals surface area contributed by atoms with Gasteiger partial charge in [-0.3, -0.25) is 20.2 Å². The minimum absolute atomic E-state index is 0. The number of aryl methyl sites for hydroxylation is 4. The van der Waals surface area contributed by atoms with Crippen LogP contribution in [0.15, 0.2) is 12.1 Å². The van der Waals surface area contributed by atoms with Gasteiger partial charge in [0.05, 0.1) is 6.61 Å². The number of carboxylic acid groups (broad SMARTS) is 1. The van der Waals surface area contributed by atoms with Crippen LogP contribution in [0.1, 0.15) is 89.5 Å². The van der Waals surface area contributed by atoms with Crippen molar-refractivity contribution in [1.82, 2.24) is 20.6 Å². The molecule has 4 amide bonds. The van der Waals surface area contributed by atoms with E-state index in [4.69, 9.17) is 14.6 Å². The monoisotopic (exact) mass is 730 g/mol. The summed E-state index contributed by atoms with van der Waals surface area (Å²) in [6.45, 7) is 19.6. The van der Waals surface area contributed by atoms with Crippen LogP contribution in [0.4, 0.5) is 21.2 Å². The number of nitrogens with one attached hydrogen (secondary N) is 4. The first-order chi connectivity index (χ1) is 22.0. The molecule has 0 atom stereocenters. The fourth-order valence-corrected chi connectivity index (χ4v) is 3.88. The number of amides is 4. The number of anilines is 2. The van der Waals surface area contributed by atoms with Crippen molar-refractivity contribution in [3.8, 4) is 0 Å². The number of aromatic nitrogens is 2. The van der Waals surface area contributed by atoms with Crippen LogP contribution in [0, 0.1) is 27.7 Å². The number of pyridine rings is 2. The van der Waals surface area contributed by atoms with E-state index in [0.29, 0.717) is 28.6 Å². The molecule has 2 heterocycles. The van der Waals surface area contributed by atoms with E-state index in [1.807, 2.05) is 6.92 Å². The van der Waals surface area contributed by atoms with Gasteiger partial charge in [-0.05, 0) is 111 Å². The molecular formula is C33H51N6NaO11. The molecule has 2 aromatic rings. The molecule has 280 valence electrons. The predicted molar refractivity (Wildman–Crippen MR) is 184 cm³/mol. The third kappa shape index (κ3) is 19.6. The molecule has 0 saturated carbocycles. The van der Waals surface area contributed by atoms with Gasteiger partial charge in [0.1, 0.15) is 22.8 Å². The first kappa shape index (κ1) is 51.1. The Morgan fingerprint density at radius 3 is 1.35 bits per heavy atom. The first-order valence-electron chi connectivity index (χ1n) is 14.9. The second-order valence-electron chi connectivity index (χ2n) is 12.4. The van der Waals surface area contributed by atoms with Crippen molar-refractivity contribution in [3.05, 3.63) is 45.8 Å². The van der Waals surface area contributed by atoms with Crippen molar-refractivity contribution >= 4 is 47.6 Å². The average Bonchev–Trinajstić information content (AvgIpc) is 2.90. The Balaban J connectivity index is -0.000000856. The van der Waals surface area contributed by atoms with Crippen molar-refractivity contribution in [2.75, 3.05) is 17.2 Å². The molecule has 0 bridgehead atoms. The summed E-state index contributed by atoms with van der Waals surface area (Å²) in [6, 6.07) is 3.29. The van der Waals surface area contributed by atoms with E-state index in [-0.39, 0.29) is 62.2 Å². The summed E-state index contributed by atoms with van der Waals surface area (Å²) in [4.78, 5) is 76.5. The molecule has 0 saturated heterocycles. The number of rotatable bonds is 7. The summed E-state index contributed by atoms with van der Waals surface area (Å²) in [6.07, 6.45) is -1.21. The smallest absolute Gasteiger partial charge is 0.870 e. The van der Waals surface area contributed by atoms with Crippen LogP contribution in [0.25, 0.3) is 0 Å². The molecule has 0 aliphatic heterocycles. The minimum Gasteiger partial charge on any atom is -0.870 e. The van der Waals surface area contributed by atoms with Crippen LogP contribution in [-0.2, 0) is 46.5 Å². The van der Waals surface area contributed by atoms with Crippen LogP contribution in [0.2, 0.25) is 0 Å². The average molecular weight is 731 g/mol. The molecule has 51 heavy (non-hydrogen) atoms. The summed E-state index contributed by atoms with van der Waals surface area (Å²) in [5, 5.41) is 18.4. The van der Waals surface area contributed by atoms with Crippen LogP contribution >= 0.6 is 0 Å². The van der Waals surface area contributed by atoms with Crippen molar-refractivity contribution < 1.29 is 83.1 Å². The third-order valence-electron chi connectivity index (χ3n) is 5.87. The van der Waals surface area contributed by atoms with Gasteiger partial charge in [0, 0.05) is 24.5 Å². The van der Waals surface area contributed by atoms with Crippen molar-refractivity contribution in [1.29, 1.82) is 0 Å². The Hall–Kier alpha value is -4.32. The standard InChI is InChI=1S/C17H25N3O5.C15H21N3O5.CH4.Na.H2O/c1-7-24-15(22)14(21)18-9-12-10(2)8-13(19-11(12)3)20-16(23)25-17(4,5)6;1-8-6-11(18-14(22)23-15(3,4)5)17-9(2)10(8)7-16-12(19)13(20)21;;;/h8H,7,9H2,1-6H3,(H,18,21)(H,19,20,23);6H,7H2,1-5H3,(H,16,19)(H,20,21)(H,17,18,22);1H4;;1H2/q;;;+1;/p-1. The van der Waals surface area contributed by atoms with Gasteiger partial charge in [-0.25, -0.2) is 29.1 Å². The first-order valence-corrected chi connectivity index (χ1v) is 14.9. The second-order valence-corrected chi connectivity index (χ2v) is 12.4. The maximum atomic E-state index is 11.8. The molecule has 0 aliphatic carbocycles. The maximum Gasteiger partial charge on any atom is 1.00 e. The van der Waals surface area contributed by atoms with E-state index >= 15 is 0 Å². The van der Waals surface area contributed by atoms with Gasteiger partial charge in [-0.15, -0.1) is 0 Å². The number of carbonyl (C=O) groups excluding carboxylic acids is 5. The Morgan fingerprint density at radius 2 is 1.06 bits per heavy atom. The number of ether oxygens (including phenoxy) is 3. The van der Waals surface area contributed by atoms with Crippen LogP contribution in [0.3, 0.4) is 0 Å². The summed E-state index contributed by atoms with van der Waals surface area (Å²) in [7, 11) is 0. The van der Waals surface area contributed by atoms with Gasteiger partial charge in [0.2, 0.25) is 0 Å². The fourth-order valence-electron chi connectivity index (χ4n) is 3.88. The molecular weight excluding hydrogens is 679 g/mol. The van der Waals surface area contributed by atoms with E-state index in [1.54, 1.807) is 81.4 Å². The molecule has 0 aliphatic rings. The van der Waals surface area contributed by atoms with E-state index in [1.165, 1.54) is 0 Å².